The van der Waals surface area contributed by atoms with Crippen LogP contribution >= 0.6 is 23.2 Å². The second-order valence-corrected chi connectivity index (χ2v) is 5.82. The smallest absolute Gasteiger partial charge is 0.256 e. The molecule has 2 aromatic carbocycles. The van der Waals surface area contributed by atoms with Crippen LogP contribution < -0.4 is 5.32 Å². The van der Waals surface area contributed by atoms with Gasteiger partial charge in [0.25, 0.3) is 5.91 Å². The van der Waals surface area contributed by atoms with Gasteiger partial charge in [-0.15, -0.1) is 0 Å². The molecular weight excluding hydrogens is 333 g/mol. The lowest BCUT2D eigenvalue weighted by Gasteiger charge is -2.09. The number of hydrogen-bond acceptors (Lipinski definition) is 2. The Balaban J connectivity index is 1.91. The fourth-order valence-corrected chi connectivity index (χ4v) is 2.48. The lowest BCUT2D eigenvalue weighted by atomic mass is 10.2. The van der Waals surface area contributed by atoms with Crippen LogP contribution in [-0.4, -0.2) is 15.7 Å². The topological polar surface area (TPSA) is 46.9 Å². The van der Waals surface area contributed by atoms with E-state index >= 15 is 0 Å². The zero-order valence-electron chi connectivity index (χ0n) is 12.3. The molecule has 116 valence electrons. The Morgan fingerprint density at radius 2 is 1.78 bits per heavy atom. The lowest BCUT2D eigenvalue weighted by Crippen LogP contribution is -2.15. The van der Waals surface area contributed by atoms with E-state index in [2.05, 4.69) is 10.4 Å². The van der Waals surface area contributed by atoms with Gasteiger partial charge in [-0.2, -0.15) is 5.10 Å². The van der Waals surface area contributed by atoms with Crippen LogP contribution in [-0.2, 0) is 0 Å². The van der Waals surface area contributed by atoms with Gasteiger partial charge in [0, 0.05) is 11.6 Å². The van der Waals surface area contributed by atoms with Gasteiger partial charge >= 0.3 is 0 Å². The average molecular weight is 346 g/mol. The number of halogens is 2. The number of hydrogen-bond donors (Lipinski definition) is 1. The van der Waals surface area contributed by atoms with E-state index in [1.54, 1.807) is 16.8 Å². The van der Waals surface area contributed by atoms with E-state index in [1.165, 1.54) is 6.07 Å². The van der Waals surface area contributed by atoms with E-state index in [4.69, 9.17) is 23.2 Å². The van der Waals surface area contributed by atoms with Crippen LogP contribution in [0.1, 0.15) is 16.1 Å². The first-order valence-electron chi connectivity index (χ1n) is 6.93. The SMILES string of the molecule is Cc1cc(NC(=O)c2ccc(Cl)c(Cl)c2)n(-c2ccccc2)n1. The molecule has 0 atom stereocenters. The highest BCUT2D eigenvalue weighted by Crippen LogP contribution is 2.23. The number of aryl methyl sites for hydroxylation is 1. The molecule has 0 aliphatic heterocycles. The Bertz CT molecular complexity index is 860. The minimum atomic E-state index is -0.277. The zero-order chi connectivity index (χ0) is 16.4. The standard InChI is InChI=1S/C17H13Cl2N3O/c1-11-9-16(22(21-11)13-5-3-2-4-6-13)20-17(23)12-7-8-14(18)15(19)10-12/h2-10H,1H3,(H,20,23). The molecule has 4 nitrogen and oxygen atoms in total. The van der Waals surface area contributed by atoms with Crippen LogP contribution in [0.15, 0.2) is 54.6 Å². The van der Waals surface area contributed by atoms with Gasteiger partial charge in [-0.05, 0) is 37.3 Å². The fraction of sp³-hybridized carbons (Fsp3) is 0.0588. The summed E-state index contributed by atoms with van der Waals surface area (Å²) in [6.45, 7) is 1.87. The first-order chi connectivity index (χ1) is 11.0. The Labute approximate surface area is 143 Å². The summed E-state index contributed by atoms with van der Waals surface area (Å²) in [6, 6.07) is 16.2. The molecule has 3 aromatic rings. The van der Waals surface area contributed by atoms with Gasteiger partial charge in [-0.1, -0.05) is 41.4 Å². The largest absolute Gasteiger partial charge is 0.306 e. The van der Waals surface area contributed by atoms with Crippen molar-refractivity contribution in [2.75, 3.05) is 5.32 Å². The molecule has 1 amide bonds. The van der Waals surface area contributed by atoms with Gasteiger partial charge in [0.1, 0.15) is 5.82 Å². The predicted molar refractivity (Wildman–Crippen MR) is 92.7 cm³/mol. The third-order valence-corrected chi connectivity index (χ3v) is 3.99. The van der Waals surface area contributed by atoms with E-state index in [1.807, 2.05) is 43.3 Å². The van der Waals surface area contributed by atoms with Crippen molar-refractivity contribution in [1.29, 1.82) is 0 Å². The van der Waals surface area contributed by atoms with E-state index in [9.17, 15) is 4.79 Å². The Hall–Kier alpha value is -2.30. The molecule has 3 rings (SSSR count). The van der Waals surface area contributed by atoms with Crippen LogP contribution in [0, 0.1) is 6.92 Å². The van der Waals surface area contributed by atoms with Crippen molar-refractivity contribution in [1.82, 2.24) is 9.78 Å². The molecule has 1 N–H and O–H groups in total. The second kappa shape index (κ2) is 6.44. The quantitative estimate of drug-likeness (QED) is 0.745. The van der Waals surface area contributed by atoms with Gasteiger partial charge < -0.3 is 5.32 Å². The zero-order valence-corrected chi connectivity index (χ0v) is 13.8. The molecule has 0 radical (unpaired) electrons. The van der Waals surface area contributed by atoms with Crippen LogP contribution in [0.5, 0.6) is 0 Å². The summed E-state index contributed by atoms with van der Waals surface area (Å²) in [6.07, 6.45) is 0. The molecule has 0 bridgehead atoms. The summed E-state index contributed by atoms with van der Waals surface area (Å²) in [5.41, 5.74) is 2.10. The summed E-state index contributed by atoms with van der Waals surface area (Å²) in [4.78, 5) is 12.4. The van der Waals surface area contributed by atoms with E-state index < -0.39 is 0 Å². The summed E-state index contributed by atoms with van der Waals surface area (Å²) in [5, 5.41) is 8.02. The van der Waals surface area contributed by atoms with Gasteiger partial charge in [0.2, 0.25) is 0 Å². The Kier molecular flexibility index (Phi) is 4.37. The van der Waals surface area contributed by atoms with Crippen LogP contribution in [0.2, 0.25) is 10.0 Å². The fourth-order valence-electron chi connectivity index (χ4n) is 2.18. The number of carbonyl (C=O) groups excluding carboxylic acids is 1. The highest BCUT2D eigenvalue weighted by Gasteiger charge is 2.13. The minimum Gasteiger partial charge on any atom is -0.306 e. The third-order valence-electron chi connectivity index (χ3n) is 3.26. The normalized spacial score (nSPS) is 10.6. The van der Waals surface area contributed by atoms with Crippen LogP contribution in [0.3, 0.4) is 0 Å². The molecule has 0 spiro atoms. The number of nitrogens with one attached hydrogen (secondary N) is 1. The molecule has 0 fully saturated rings. The van der Waals surface area contributed by atoms with Crippen molar-refractivity contribution in [2.24, 2.45) is 0 Å². The summed E-state index contributed by atoms with van der Waals surface area (Å²) in [7, 11) is 0. The van der Waals surface area contributed by atoms with Gasteiger partial charge in [0.05, 0.1) is 21.4 Å². The number of aromatic nitrogens is 2. The van der Waals surface area contributed by atoms with Crippen LogP contribution in [0.25, 0.3) is 5.69 Å². The van der Waals surface area contributed by atoms with Crippen molar-refractivity contribution >= 4 is 34.9 Å². The molecule has 0 aliphatic rings. The molecule has 0 unspecified atom stereocenters. The van der Waals surface area contributed by atoms with Gasteiger partial charge in [0.15, 0.2) is 0 Å². The Morgan fingerprint density at radius 1 is 1.04 bits per heavy atom. The van der Waals surface area contributed by atoms with E-state index in [0.29, 0.717) is 21.4 Å². The van der Waals surface area contributed by atoms with Crippen LogP contribution in [0.4, 0.5) is 5.82 Å². The minimum absolute atomic E-state index is 0.277. The maximum Gasteiger partial charge on any atom is 0.256 e. The predicted octanol–water partition coefficient (Wildman–Crippen LogP) is 4.74. The maximum atomic E-state index is 12.4. The van der Waals surface area contributed by atoms with Gasteiger partial charge in [-0.3, -0.25) is 4.79 Å². The molecule has 1 heterocycles. The molecule has 23 heavy (non-hydrogen) atoms. The number of rotatable bonds is 3. The molecule has 1 aromatic heterocycles. The number of nitrogens with zero attached hydrogens (tertiary/aromatic N) is 2. The number of carbonyl (C=O) groups is 1. The highest BCUT2D eigenvalue weighted by molar-refractivity contribution is 6.42. The highest BCUT2D eigenvalue weighted by atomic mass is 35.5. The first-order valence-corrected chi connectivity index (χ1v) is 7.68. The van der Waals surface area contributed by atoms with Crippen molar-refractivity contribution < 1.29 is 4.79 Å². The maximum absolute atomic E-state index is 12.4. The molecule has 0 aliphatic carbocycles. The summed E-state index contributed by atoms with van der Waals surface area (Å²) < 4.78 is 1.69. The summed E-state index contributed by atoms with van der Waals surface area (Å²) in [5.74, 6) is 0.311. The number of para-hydroxylation sites is 1. The summed E-state index contributed by atoms with van der Waals surface area (Å²) >= 11 is 11.8. The van der Waals surface area contributed by atoms with Crippen molar-refractivity contribution in [3.8, 4) is 5.69 Å². The number of anilines is 1. The molecule has 0 saturated carbocycles. The second-order valence-electron chi connectivity index (χ2n) is 5.00. The first kappa shape index (κ1) is 15.6. The molecular formula is C17H13Cl2N3O. The third kappa shape index (κ3) is 3.38. The van der Waals surface area contributed by atoms with E-state index in [-0.39, 0.29) is 5.91 Å². The van der Waals surface area contributed by atoms with Crippen molar-refractivity contribution in [2.45, 2.75) is 6.92 Å². The molecule has 6 heteroatoms. The number of benzene rings is 2. The van der Waals surface area contributed by atoms with E-state index in [0.717, 1.165) is 11.4 Å². The lowest BCUT2D eigenvalue weighted by molar-refractivity contribution is 0.102. The Morgan fingerprint density at radius 3 is 2.48 bits per heavy atom. The van der Waals surface area contributed by atoms with Crippen molar-refractivity contribution in [3.63, 3.8) is 0 Å². The monoisotopic (exact) mass is 345 g/mol. The number of amides is 1. The molecule has 0 saturated heterocycles. The van der Waals surface area contributed by atoms with Crippen molar-refractivity contribution in [3.05, 3.63) is 75.9 Å². The average Bonchev–Trinajstić information content (AvgIpc) is 2.91. The van der Waals surface area contributed by atoms with Gasteiger partial charge in [-0.25, -0.2) is 4.68 Å².